The minimum atomic E-state index is -2.80. The number of esters is 11. The molecule has 0 heterocycles. The number of Topliss-reactive ketones (excluding diaryl/α,β-unsaturated/α-hetero) is 1. The van der Waals surface area contributed by atoms with E-state index in [2.05, 4.69) is 0 Å². The van der Waals surface area contributed by atoms with E-state index in [0.29, 0.717) is 0 Å². The number of rotatable bonds is 53. The van der Waals surface area contributed by atoms with E-state index < -0.39 is 326 Å². The second kappa shape index (κ2) is 41.5. The molecule has 105 heavy (non-hydrogen) atoms. The Kier molecular flexibility index (Phi) is 38.9. The molecular formula is C67H112O38. The molecule has 38 heteroatoms. The first-order chi connectivity index (χ1) is 48.5. The van der Waals surface area contributed by atoms with Crippen LogP contribution < -0.4 is 0 Å². The summed E-state index contributed by atoms with van der Waals surface area (Å²) in [5.41, 5.74) is -28.8. The molecule has 0 aliphatic rings. The highest BCUT2D eigenvalue weighted by Gasteiger charge is 2.52. The van der Waals surface area contributed by atoms with Gasteiger partial charge in [0.2, 0.25) is 0 Å². The third kappa shape index (κ3) is 25.7. The zero-order chi connectivity index (χ0) is 81.7. The Hall–Kier alpha value is -6.76. The summed E-state index contributed by atoms with van der Waals surface area (Å²) in [6.07, 6.45) is -1.58. The van der Waals surface area contributed by atoms with Gasteiger partial charge in [-0.15, -0.1) is 0 Å². The minimum Gasteiger partial charge on any atom is -0.464 e. The van der Waals surface area contributed by atoms with Gasteiger partial charge in [0, 0.05) is 6.42 Å². The summed E-state index contributed by atoms with van der Waals surface area (Å²) >= 11 is 0. The molecule has 0 aliphatic heterocycles. The van der Waals surface area contributed by atoms with Gasteiger partial charge in [0.05, 0.1) is 115 Å². The maximum Gasteiger partial charge on any atom is 0.318 e. The van der Waals surface area contributed by atoms with Crippen LogP contribution in [0.5, 0.6) is 0 Å². The molecule has 0 bridgehead atoms. The predicted octanol–water partition coefficient (Wildman–Crippen LogP) is -5.33. The second-order valence-corrected chi connectivity index (χ2v) is 30.2. The maximum atomic E-state index is 15.2. The Labute approximate surface area is 607 Å². The average molecular weight is 1530 g/mol. The Bertz CT molecular complexity index is 2350. The second-order valence-electron chi connectivity index (χ2n) is 30.2. The zero-order valence-corrected chi connectivity index (χ0v) is 62.1. The van der Waals surface area contributed by atoms with Crippen molar-refractivity contribution in [2.24, 2.45) is 70.4 Å². The molecule has 0 fully saturated rings. The van der Waals surface area contributed by atoms with Crippen LogP contribution in [0, 0.1) is 70.4 Å². The van der Waals surface area contributed by atoms with Gasteiger partial charge in [0.1, 0.15) is 133 Å². The molecule has 0 aromatic heterocycles. The molecular weight excluding hydrogens is 1410 g/mol. The van der Waals surface area contributed by atoms with E-state index in [4.69, 9.17) is 52.1 Å². The topological polar surface area (TPSA) is 610 Å². The minimum absolute atomic E-state index is 0.0751. The molecule has 0 rings (SSSR count). The van der Waals surface area contributed by atoms with E-state index in [9.17, 15) is 115 Å². The van der Waals surface area contributed by atoms with Crippen LogP contribution in [0.3, 0.4) is 0 Å². The van der Waals surface area contributed by atoms with Crippen LogP contribution in [0.1, 0.15) is 109 Å². The first-order valence-corrected chi connectivity index (χ1v) is 33.1. The molecule has 0 saturated carbocycles. The molecule has 0 aromatic rings. The lowest BCUT2D eigenvalue weighted by atomic mass is 9.79. The van der Waals surface area contributed by atoms with E-state index in [1.54, 1.807) is 0 Å². The number of carbonyl (C=O) groups excluding carboxylic acids is 12. The summed E-state index contributed by atoms with van der Waals surface area (Å²) in [7, 11) is 0. The lowest BCUT2D eigenvalue weighted by molar-refractivity contribution is -0.191. The fourth-order valence-electron chi connectivity index (χ4n) is 7.64. The van der Waals surface area contributed by atoms with Crippen molar-refractivity contribution in [2.75, 3.05) is 172 Å². The van der Waals surface area contributed by atoms with Crippen molar-refractivity contribution in [3.8, 4) is 0 Å². The highest BCUT2D eigenvalue weighted by molar-refractivity contribution is 5.87. The number of aliphatic hydroxyl groups is 15. The van der Waals surface area contributed by atoms with Crippen LogP contribution in [0.4, 0.5) is 0 Å². The molecule has 0 radical (unpaired) electrons. The van der Waals surface area contributed by atoms with Crippen molar-refractivity contribution in [3.05, 3.63) is 0 Å². The number of ether oxygens (including phenoxy) is 11. The molecule has 15 N–H and O–H groups in total. The number of hydrogen-bond acceptors (Lipinski definition) is 38. The predicted molar refractivity (Wildman–Crippen MR) is 351 cm³/mol. The largest absolute Gasteiger partial charge is 0.464 e. The Balaban J connectivity index is 9.58. The summed E-state index contributed by atoms with van der Waals surface area (Å²) in [6.45, 7) is -15.8. The summed E-state index contributed by atoms with van der Waals surface area (Å²) in [5.74, 6) is -16.8. The summed E-state index contributed by atoms with van der Waals surface area (Å²) in [5, 5.41) is 151. The van der Waals surface area contributed by atoms with Crippen LogP contribution in [-0.2, 0) is 110 Å². The van der Waals surface area contributed by atoms with E-state index >= 15 is 19.2 Å². The molecule has 0 aromatic carbocycles. The van der Waals surface area contributed by atoms with Gasteiger partial charge in [0.25, 0.3) is 0 Å². The number of ketones is 1. The van der Waals surface area contributed by atoms with Gasteiger partial charge in [0.15, 0.2) is 0 Å². The Morgan fingerprint density at radius 1 is 0.200 bits per heavy atom. The van der Waals surface area contributed by atoms with E-state index in [-0.39, 0.29) is 6.42 Å². The van der Waals surface area contributed by atoms with Gasteiger partial charge in [-0.3, -0.25) is 57.5 Å². The first kappa shape index (κ1) is 98.2. The average Bonchev–Trinajstić information content (AvgIpc) is 0.816. The highest BCUT2D eigenvalue weighted by atomic mass is 16.6. The molecule has 0 amide bonds. The third-order valence-corrected chi connectivity index (χ3v) is 18.7. The van der Waals surface area contributed by atoms with Crippen molar-refractivity contribution in [3.63, 3.8) is 0 Å². The molecule has 608 valence electrons. The molecule has 3 atom stereocenters. The maximum absolute atomic E-state index is 15.2. The highest BCUT2D eigenvalue weighted by Crippen LogP contribution is 2.37. The lowest BCUT2D eigenvalue weighted by Crippen LogP contribution is -2.51. The van der Waals surface area contributed by atoms with Gasteiger partial charge >= 0.3 is 65.7 Å². The first-order valence-electron chi connectivity index (χ1n) is 33.1. The van der Waals surface area contributed by atoms with Crippen molar-refractivity contribution < 1.29 is 186 Å². The summed E-state index contributed by atoms with van der Waals surface area (Å²) in [6, 6.07) is 0. The van der Waals surface area contributed by atoms with Crippen LogP contribution in [0.25, 0.3) is 0 Å². The molecule has 3 unspecified atom stereocenters. The Morgan fingerprint density at radius 3 is 0.514 bits per heavy atom. The van der Waals surface area contributed by atoms with Gasteiger partial charge in [-0.05, 0) is 95.9 Å². The van der Waals surface area contributed by atoms with E-state index in [1.807, 2.05) is 0 Å². The van der Waals surface area contributed by atoms with E-state index in [1.165, 1.54) is 13.8 Å². The normalized spacial score (nSPS) is 14.6. The summed E-state index contributed by atoms with van der Waals surface area (Å²) in [4.78, 5) is 169. The molecule has 0 aliphatic carbocycles. The van der Waals surface area contributed by atoms with Crippen LogP contribution in [0.15, 0.2) is 0 Å². The summed E-state index contributed by atoms with van der Waals surface area (Å²) < 4.78 is 61.4. The smallest absolute Gasteiger partial charge is 0.318 e. The van der Waals surface area contributed by atoms with Crippen LogP contribution in [0.2, 0.25) is 0 Å². The zero-order valence-electron chi connectivity index (χ0n) is 62.1. The van der Waals surface area contributed by atoms with Gasteiger partial charge in [-0.25, -0.2) is 0 Å². The molecule has 0 spiro atoms. The standard InChI is InChI=1S/C67H112O38/c1-14-55(2,17-68)44(84)96-33-64(11,34-97-47(87)59(6,22-73)23-74)52(92)103-40-67(39-102-45(85)56(3,16-15-43(83)57(4,18-69)19-70)32-95-46(86)58(5,20-71)21-72,41-104-53(93)65(12,35-98-48(88)60(7,24-75)25-76)36-99-49(89)61(8,26-77)27-78)42-105-54(94)66(13,37-100-50(90)62(9,28-79)29-80)38-101-51(91)63(10,30-81)31-82/h68-82H,14-42H2,1-13H3. The van der Waals surface area contributed by atoms with Crippen molar-refractivity contribution in [2.45, 2.75) is 109 Å². The monoisotopic (exact) mass is 1520 g/mol. The van der Waals surface area contributed by atoms with Crippen molar-refractivity contribution in [1.29, 1.82) is 0 Å². The Morgan fingerprint density at radius 2 is 0.343 bits per heavy atom. The van der Waals surface area contributed by atoms with Gasteiger partial charge in [-0.2, -0.15) is 0 Å². The number of hydrogen-bond donors (Lipinski definition) is 15. The van der Waals surface area contributed by atoms with Crippen LogP contribution in [-0.4, -0.2) is 320 Å². The van der Waals surface area contributed by atoms with Gasteiger partial charge in [-0.1, -0.05) is 6.92 Å². The molecule has 0 saturated heterocycles. The SMILES string of the molecule is CCC(C)(CO)C(=O)OCC(C)(COC(=O)C(C)(CO)CO)C(=O)OCC(COC(=O)C(C)(CCC(=O)C(C)(CO)CO)COC(=O)C(C)(CO)CO)(COC(=O)C(C)(COC(=O)C(C)(CO)CO)COC(=O)C(C)(CO)CO)COC(=O)C(C)(COC(=O)C(C)(CO)CO)COC(=O)C(C)(CO)CO. The number of aliphatic hydroxyl groups excluding tert-OH is 15. The quantitative estimate of drug-likeness (QED) is 0.0200. The lowest BCUT2D eigenvalue weighted by Gasteiger charge is -2.37. The van der Waals surface area contributed by atoms with Crippen molar-refractivity contribution >= 4 is 71.4 Å². The molecule has 38 nitrogen and oxygen atoms in total. The van der Waals surface area contributed by atoms with Crippen LogP contribution >= 0.6 is 0 Å². The number of carbonyl (C=O) groups is 12. The third-order valence-electron chi connectivity index (χ3n) is 18.7. The van der Waals surface area contributed by atoms with E-state index in [0.717, 1.165) is 76.2 Å². The fraction of sp³-hybridized carbons (Fsp3) is 0.821. The van der Waals surface area contributed by atoms with Crippen molar-refractivity contribution in [1.82, 2.24) is 0 Å². The van der Waals surface area contributed by atoms with Gasteiger partial charge < -0.3 is 129 Å². The fourth-order valence-corrected chi connectivity index (χ4v) is 7.64.